The van der Waals surface area contributed by atoms with E-state index in [-0.39, 0.29) is 4.90 Å². The van der Waals surface area contributed by atoms with Crippen LogP contribution in [0.2, 0.25) is 0 Å². The van der Waals surface area contributed by atoms with Crippen LogP contribution in [-0.4, -0.2) is 26.5 Å². The Kier molecular flexibility index (Phi) is 5.75. The Morgan fingerprint density at radius 3 is 2.58 bits per heavy atom. The van der Waals surface area contributed by atoms with Gasteiger partial charge in [0.1, 0.15) is 5.82 Å². The van der Waals surface area contributed by atoms with Gasteiger partial charge in [-0.05, 0) is 24.8 Å². The predicted molar refractivity (Wildman–Crippen MR) is 77.6 cm³/mol. The van der Waals surface area contributed by atoms with Crippen molar-refractivity contribution < 1.29 is 8.42 Å². The van der Waals surface area contributed by atoms with Crippen molar-refractivity contribution in [3.63, 3.8) is 0 Å². The molecule has 1 heterocycles. The van der Waals surface area contributed by atoms with Gasteiger partial charge in [0.15, 0.2) is 0 Å². The molecule has 0 bridgehead atoms. The van der Waals surface area contributed by atoms with Crippen molar-refractivity contribution in [1.82, 2.24) is 9.71 Å². The number of nitrogens with zero attached hydrogens (tertiary/aromatic N) is 1. The van der Waals surface area contributed by atoms with Crippen LogP contribution in [0.15, 0.2) is 23.2 Å². The van der Waals surface area contributed by atoms with E-state index in [4.69, 9.17) is 0 Å². The van der Waals surface area contributed by atoms with Gasteiger partial charge in [-0.1, -0.05) is 20.8 Å². The molecular formula is C13H23N3O2S. The standard InChI is InChI=1S/C13H23N3O2S/c1-5-14-13-8-12(6-7-15-13)19(17,18)16-9-11(4)10(2)3/h6-8,10-11,16H,5,9H2,1-4H3,(H,14,15). The van der Waals surface area contributed by atoms with Crippen LogP contribution in [0.5, 0.6) is 0 Å². The van der Waals surface area contributed by atoms with Gasteiger partial charge in [-0.25, -0.2) is 18.1 Å². The summed E-state index contributed by atoms with van der Waals surface area (Å²) < 4.78 is 26.9. The predicted octanol–water partition coefficient (Wildman–Crippen LogP) is 2.08. The van der Waals surface area contributed by atoms with Gasteiger partial charge in [0.25, 0.3) is 0 Å². The molecule has 1 unspecified atom stereocenters. The van der Waals surface area contributed by atoms with Crippen LogP contribution in [0.3, 0.4) is 0 Å². The molecule has 5 nitrogen and oxygen atoms in total. The first-order valence-corrected chi connectivity index (χ1v) is 8.04. The molecule has 108 valence electrons. The molecule has 0 saturated carbocycles. The molecule has 6 heteroatoms. The van der Waals surface area contributed by atoms with E-state index in [1.807, 2.05) is 13.8 Å². The maximum absolute atomic E-state index is 12.1. The first-order chi connectivity index (χ1) is 8.86. The maximum Gasteiger partial charge on any atom is 0.240 e. The molecule has 2 N–H and O–H groups in total. The molecule has 1 atom stereocenters. The van der Waals surface area contributed by atoms with Crippen molar-refractivity contribution in [2.45, 2.75) is 32.6 Å². The monoisotopic (exact) mass is 285 g/mol. The zero-order chi connectivity index (χ0) is 14.5. The Morgan fingerprint density at radius 2 is 2.00 bits per heavy atom. The Morgan fingerprint density at radius 1 is 1.32 bits per heavy atom. The number of hydrogen-bond donors (Lipinski definition) is 2. The third kappa shape index (κ3) is 4.80. The number of hydrogen-bond acceptors (Lipinski definition) is 4. The van der Waals surface area contributed by atoms with Gasteiger partial charge < -0.3 is 5.32 Å². The first kappa shape index (κ1) is 15.9. The molecular weight excluding hydrogens is 262 g/mol. The van der Waals surface area contributed by atoms with Gasteiger partial charge in [0.2, 0.25) is 10.0 Å². The van der Waals surface area contributed by atoms with Crippen LogP contribution in [0.4, 0.5) is 5.82 Å². The van der Waals surface area contributed by atoms with Gasteiger partial charge in [0.05, 0.1) is 4.90 Å². The molecule has 0 amide bonds. The number of pyridine rings is 1. The van der Waals surface area contributed by atoms with Crippen LogP contribution < -0.4 is 10.0 Å². The molecule has 0 fully saturated rings. The average Bonchev–Trinajstić information content (AvgIpc) is 2.36. The second-order valence-electron chi connectivity index (χ2n) is 4.98. The van der Waals surface area contributed by atoms with Gasteiger partial charge >= 0.3 is 0 Å². The Labute approximate surface area is 115 Å². The highest BCUT2D eigenvalue weighted by Crippen LogP contribution is 2.14. The first-order valence-electron chi connectivity index (χ1n) is 6.56. The van der Waals surface area contributed by atoms with E-state index < -0.39 is 10.0 Å². The van der Waals surface area contributed by atoms with Gasteiger partial charge in [0, 0.05) is 25.4 Å². The van der Waals surface area contributed by atoms with Crippen LogP contribution in [0.1, 0.15) is 27.7 Å². The van der Waals surface area contributed by atoms with Crippen molar-refractivity contribution in [1.29, 1.82) is 0 Å². The second-order valence-corrected chi connectivity index (χ2v) is 6.75. The lowest BCUT2D eigenvalue weighted by molar-refractivity contribution is 0.414. The smallest absolute Gasteiger partial charge is 0.240 e. The van der Waals surface area contributed by atoms with E-state index in [0.717, 1.165) is 0 Å². The molecule has 0 aliphatic rings. The number of aromatic nitrogens is 1. The quantitative estimate of drug-likeness (QED) is 0.804. The molecule has 19 heavy (non-hydrogen) atoms. The van der Waals surface area contributed by atoms with Crippen molar-refractivity contribution in [3.8, 4) is 0 Å². The molecule has 1 aromatic heterocycles. The number of sulfonamides is 1. The highest BCUT2D eigenvalue weighted by atomic mass is 32.2. The minimum atomic E-state index is -3.46. The molecule has 0 radical (unpaired) electrons. The molecule has 0 saturated heterocycles. The summed E-state index contributed by atoms with van der Waals surface area (Å²) in [5.41, 5.74) is 0. The summed E-state index contributed by atoms with van der Waals surface area (Å²) in [7, 11) is -3.46. The largest absolute Gasteiger partial charge is 0.370 e. The molecule has 0 aromatic carbocycles. The van der Waals surface area contributed by atoms with Gasteiger partial charge in [-0.3, -0.25) is 0 Å². The highest BCUT2D eigenvalue weighted by molar-refractivity contribution is 7.89. The third-order valence-electron chi connectivity index (χ3n) is 3.13. The summed E-state index contributed by atoms with van der Waals surface area (Å²) >= 11 is 0. The van der Waals surface area contributed by atoms with E-state index in [2.05, 4.69) is 28.9 Å². The minimum absolute atomic E-state index is 0.245. The molecule has 0 aliphatic carbocycles. The lowest BCUT2D eigenvalue weighted by Crippen LogP contribution is -2.30. The number of nitrogens with one attached hydrogen (secondary N) is 2. The summed E-state index contributed by atoms with van der Waals surface area (Å²) in [6.45, 7) is 9.27. The zero-order valence-corrected chi connectivity index (χ0v) is 12.8. The van der Waals surface area contributed by atoms with E-state index in [9.17, 15) is 8.42 Å². The number of rotatable bonds is 7. The molecule has 1 aromatic rings. The van der Waals surface area contributed by atoms with Crippen LogP contribution in [-0.2, 0) is 10.0 Å². The summed E-state index contributed by atoms with van der Waals surface area (Å²) in [5, 5.41) is 3.00. The Hall–Kier alpha value is -1.14. The van der Waals surface area contributed by atoms with Crippen molar-refractivity contribution in [2.24, 2.45) is 11.8 Å². The SMILES string of the molecule is CCNc1cc(S(=O)(=O)NCC(C)C(C)C)ccn1. The lowest BCUT2D eigenvalue weighted by Gasteiger charge is -2.16. The van der Waals surface area contributed by atoms with Gasteiger partial charge in [-0.15, -0.1) is 0 Å². The summed E-state index contributed by atoms with van der Waals surface area (Å²) in [4.78, 5) is 4.31. The maximum atomic E-state index is 12.1. The summed E-state index contributed by atoms with van der Waals surface area (Å²) in [6, 6.07) is 3.05. The van der Waals surface area contributed by atoms with Crippen molar-refractivity contribution >= 4 is 15.8 Å². The van der Waals surface area contributed by atoms with E-state index >= 15 is 0 Å². The Bertz CT molecular complexity index is 500. The van der Waals surface area contributed by atoms with E-state index in [1.54, 1.807) is 6.07 Å². The third-order valence-corrected chi connectivity index (χ3v) is 4.55. The topological polar surface area (TPSA) is 71.1 Å². The molecule has 1 rings (SSSR count). The fourth-order valence-corrected chi connectivity index (χ4v) is 2.57. The average molecular weight is 285 g/mol. The highest BCUT2D eigenvalue weighted by Gasteiger charge is 2.17. The van der Waals surface area contributed by atoms with Crippen LogP contribution in [0.25, 0.3) is 0 Å². The van der Waals surface area contributed by atoms with E-state index in [0.29, 0.717) is 30.7 Å². The van der Waals surface area contributed by atoms with Crippen molar-refractivity contribution in [3.05, 3.63) is 18.3 Å². The number of anilines is 1. The van der Waals surface area contributed by atoms with Crippen molar-refractivity contribution in [2.75, 3.05) is 18.4 Å². The summed E-state index contributed by atoms with van der Waals surface area (Å²) in [6.07, 6.45) is 1.50. The lowest BCUT2D eigenvalue weighted by atomic mass is 9.99. The fourth-order valence-electron chi connectivity index (χ4n) is 1.42. The molecule has 0 spiro atoms. The van der Waals surface area contributed by atoms with Crippen LogP contribution >= 0.6 is 0 Å². The summed E-state index contributed by atoms with van der Waals surface area (Å²) in [5.74, 6) is 1.31. The second kappa shape index (κ2) is 6.86. The van der Waals surface area contributed by atoms with Gasteiger partial charge in [-0.2, -0.15) is 0 Å². The van der Waals surface area contributed by atoms with Crippen LogP contribution in [0, 0.1) is 11.8 Å². The zero-order valence-electron chi connectivity index (χ0n) is 12.0. The minimum Gasteiger partial charge on any atom is -0.370 e. The molecule has 0 aliphatic heterocycles. The Balaban J connectivity index is 2.79. The van der Waals surface area contributed by atoms with E-state index in [1.165, 1.54) is 12.3 Å². The normalized spacial score (nSPS) is 13.5. The fraction of sp³-hybridized carbons (Fsp3) is 0.615.